The van der Waals surface area contributed by atoms with Gasteiger partial charge in [0.2, 0.25) is 0 Å². The monoisotopic (exact) mass is 437 g/mol. The summed E-state index contributed by atoms with van der Waals surface area (Å²) in [5.74, 6) is 0.158. The highest BCUT2D eigenvalue weighted by Crippen LogP contribution is 2.47. The number of carbonyl (C=O) groups excluding carboxylic acids is 2. The molecule has 0 fully saturated rings. The molecular weight excluding hydrogens is 410 g/mol. The molecule has 2 atom stereocenters. The van der Waals surface area contributed by atoms with Gasteiger partial charge in [0.25, 0.3) is 0 Å². The molecule has 0 unspecified atom stereocenters. The molecule has 2 aliphatic rings. The van der Waals surface area contributed by atoms with Gasteiger partial charge in [-0.15, -0.1) is 11.3 Å². The van der Waals surface area contributed by atoms with E-state index < -0.39 is 0 Å². The fraction of sp³-hybridized carbons (Fsp3) is 0.360. The molecule has 1 aromatic carbocycles. The summed E-state index contributed by atoms with van der Waals surface area (Å²) in [5.41, 5.74) is 3.93. The van der Waals surface area contributed by atoms with Crippen molar-refractivity contribution in [3.8, 4) is 5.75 Å². The number of nitrogens with one attached hydrogen (secondary N) is 1. The summed E-state index contributed by atoms with van der Waals surface area (Å²) in [7, 11) is 1.65. The van der Waals surface area contributed by atoms with E-state index in [1.807, 2.05) is 55.6 Å². The Labute approximate surface area is 186 Å². The number of hydrogen-bond donors (Lipinski definition) is 1. The molecule has 1 aromatic heterocycles. The van der Waals surface area contributed by atoms with Crippen molar-refractivity contribution in [3.05, 3.63) is 74.8 Å². The van der Waals surface area contributed by atoms with Crippen LogP contribution in [0.1, 0.15) is 55.4 Å². The number of allylic oxidation sites excluding steroid dienone is 3. The van der Waals surface area contributed by atoms with Gasteiger partial charge in [0, 0.05) is 34.2 Å². The molecule has 1 aliphatic carbocycles. The van der Waals surface area contributed by atoms with Crippen LogP contribution in [0.25, 0.3) is 0 Å². The van der Waals surface area contributed by atoms with Crippen LogP contribution in [0, 0.1) is 0 Å². The number of hydrogen-bond acceptors (Lipinski definition) is 6. The number of thiophene rings is 1. The van der Waals surface area contributed by atoms with Gasteiger partial charge in [-0.3, -0.25) is 4.79 Å². The van der Waals surface area contributed by atoms with E-state index in [1.165, 1.54) is 0 Å². The lowest BCUT2D eigenvalue weighted by molar-refractivity contribution is -0.139. The molecular formula is C25H27NO4S. The lowest BCUT2D eigenvalue weighted by Gasteiger charge is -2.36. The Morgan fingerprint density at radius 1 is 1.19 bits per heavy atom. The van der Waals surface area contributed by atoms with Crippen molar-refractivity contribution in [2.75, 3.05) is 13.7 Å². The molecule has 0 radical (unpaired) electrons. The smallest absolute Gasteiger partial charge is 0.336 e. The summed E-state index contributed by atoms with van der Waals surface area (Å²) in [5, 5.41) is 5.37. The van der Waals surface area contributed by atoms with E-state index in [9.17, 15) is 9.59 Å². The lowest BCUT2D eigenvalue weighted by Crippen LogP contribution is -2.36. The van der Waals surface area contributed by atoms with E-state index in [4.69, 9.17) is 9.47 Å². The van der Waals surface area contributed by atoms with Crippen LogP contribution in [-0.4, -0.2) is 25.5 Å². The van der Waals surface area contributed by atoms with Crippen molar-refractivity contribution in [1.29, 1.82) is 0 Å². The van der Waals surface area contributed by atoms with Gasteiger partial charge in [0.1, 0.15) is 5.75 Å². The number of ether oxygens (including phenoxy) is 2. The average molecular weight is 438 g/mol. The highest BCUT2D eigenvalue weighted by molar-refractivity contribution is 7.10. The summed E-state index contributed by atoms with van der Waals surface area (Å²) in [6.45, 7) is 4.22. The van der Waals surface area contributed by atoms with Gasteiger partial charge in [0.15, 0.2) is 5.78 Å². The van der Waals surface area contributed by atoms with Crippen molar-refractivity contribution in [1.82, 2.24) is 5.32 Å². The molecule has 5 nitrogen and oxygen atoms in total. The number of carbonyl (C=O) groups is 2. The number of Topliss-reactive ketones (excluding diaryl/α,β-unsaturated/α-hetero) is 1. The first-order valence-electron chi connectivity index (χ1n) is 10.6. The van der Waals surface area contributed by atoms with Crippen molar-refractivity contribution in [3.63, 3.8) is 0 Å². The zero-order chi connectivity index (χ0) is 22.0. The van der Waals surface area contributed by atoms with Gasteiger partial charge in [-0.2, -0.15) is 0 Å². The minimum atomic E-state index is -0.383. The summed E-state index contributed by atoms with van der Waals surface area (Å²) in [6.07, 6.45) is 1.83. The number of benzene rings is 1. The average Bonchev–Trinajstić information content (AvgIpc) is 3.31. The largest absolute Gasteiger partial charge is 0.496 e. The fourth-order valence-electron chi connectivity index (χ4n) is 4.55. The molecule has 0 spiro atoms. The van der Waals surface area contributed by atoms with E-state index >= 15 is 0 Å². The Balaban J connectivity index is 1.75. The molecule has 1 aliphatic heterocycles. The van der Waals surface area contributed by atoms with Crippen LogP contribution >= 0.6 is 11.3 Å². The maximum atomic E-state index is 13.5. The van der Waals surface area contributed by atoms with Gasteiger partial charge in [-0.25, -0.2) is 4.79 Å². The molecule has 0 amide bonds. The van der Waals surface area contributed by atoms with Gasteiger partial charge in [-0.1, -0.05) is 31.2 Å². The number of ketones is 1. The molecule has 0 bridgehead atoms. The van der Waals surface area contributed by atoms with Crippen LogP contribution in [0.3, 0.4) is 0 Å². The third kappa shape index (κ3) is 4.04. The predicted octanol–water partition coefficient (Wildman–Crippen LogP) is 5.07. The van der Waals surface area contributed by atoms with E-state index in [-0.39, 0.29) is 23.6 Å². The maximum absolute atomic E-state index is 13.5. The minimum absolute atomic E-state index is 0.0280. The van der Waals surface area contributed by atoms with E-state index in [0.717, 1.165) is 34.0 Å². The van der Waals surface area contributed by atoms with E-state index in [2.05, 4.69) is 5.32 Å². The SMILES string of the molecule is CCCOC(=O)C1=C(C)NC2=C(C(=O)C[C@H](c3ccccc3OC)C2)[C@H]1c1cccs1. The molecule has 31 heavy (non-hydrogen) atoms. The number of rotatable bonds is 6. The second-order valence-corrected chi connectivity index (χ2v) is 8.89. The molecule has 0 saturated carbocycles. The normalized spacial score (nSPS) is 20.9. The van der Waals surface area contributed by atoms with Crippen molar-refractivity contribution in [2.45, 2.75) is 44.9 Å². The minimum Gasteiger partial charge on any atom is -0.496 e. The quantitative estimate of drug-likeness (QED) is 0.639. The maximum Gasteiger partial charge on any atom is 0.336 e. The molecule has 4 rings (SSSR count). The summed E-state index contributed by atoms with van der Waals surface area (Å²) in [4.78, 5) is 27.4. The van der Waals surface area contributed by atoms with Gasteiger partial charge in [-0.05, 0) is 42.8 Å². The zero-order valence-electron chi connectivity index (χ0n) is 18.1. The predicted molar refractivity (Wildman–Crippen MR) is 121 cm³/mol. The first-order chi connectivity index (χ1) is 15.0. The van der Waals surface area contributed by atoms with E-state index in [0.29, 0.717) is 30.6 Å². The Bertz CT molecular complexity index is 1050. The number of methoxy groups -OCH3 is 1. The van der Waals surface area contributed by atoms with Crippen LogP contribution in [0.5, 0.6) is 5.75 Å². The molecule has 0 saturated heterocycles. The van der Waals surface area contributed by atoms with Gasteiger partial charge in [0.05, 0.1) is 25.2 Å². The fourth-order valence-corrected chi connectivity index (χ4v) is 5.39. The highest BCUT2D eigenvalue weighted by Gasteiger charge is 2.42. The van der Waals surface area contributed by atoms with Crippen LogP contribution in [-0.2, 0) is 14.3 Å². The molecule has 2 heterocycles. The molecule has 162 valence electrons. The molecule has 2 aromatic rings. The van der Waals surface area contributed by atoms with Crippen LogP contribution in [0.4, 0.5) is 0 Å². The standard InChI is InChI=1S/C25H27NO4S/c1-4-11-30-25(28)22-15(2)26-18-13-16(17-8-5-6-9-20(17)29-3)14-19(27)23(18)24(22)21-10-7-12-31-21/h5-10,12,16,24,26H,4,11,13-14H2,1-3H3/t16-,24+/m1/s1. The van der Waals surface area contributed by atoms with Crippen molar-refractivity contribution in [2.24, 2.45) is 0 Å². The Kier molecular flexibility index (Phi) is 6.28. The summed E-state index contributed by atoms with van der Waals surface area (Å²) in [6, 6.07) is 11.8. The Morgan fingerprint density at radius 3 is 2.71 bits per heavy atom. The topological polar surface area (TPSA) is 64.6 Å². The van der Waals surface area contributed by atoms with Gasteiger partial charge >= 0.3 is 5.97 Å². The number of esters is 1. The molecule has 6 heteroatoms. The second kappa shape index (κ2) is 9.10. The third-order valence-corrected chi connectivity index (χ3v) is 6.83. The van der Waals surface area contributed by atoms with Crippen LogP contribution in [0.15, 0.2) is 64.3 Å². The Hall–Kier alpha value is -2.86. The third-order valence-electron chi connectivity index (χ3n) is 5.89. The first-order valence-corrected chi connectivity index (χ1v) is 11.5. The van der Waals surface area contributed by atoms with Gasteiger partial charge < -0.3 is 14.8 Å². The van der Waals surface area contributed by atoms with Crippen LogP contribution < -0.4 is 10.1 Å². The highest BCUT2D eigenvalue weighted by atomic mass is 32.1. The summed E-state index contributed by atoms with van der Waals surface area (Å²) >= 11 is 1.56. The second-order valence-electron chi connectivity index (χ2n) is 7.91. The molecule has 1 N–H and O–H groups in total. The van der Waals surface area contributed by atoms with Crippen molar-refractivity contribution >= 4 is 23.1 Å². The zero-order valence-corrected chi connectivity index (χ0v) is 18.9. The lowest BCUT2D eigenvalue weighted by atomic mass is 9.73. The van der Waals surface area contributed by atoms with Crippen molar-refractivity contribution < 1.29 is 19.1 Å². The van der Waals surface area contributed by atoms with Crippen LogP contribution in [0.2, 0.25) is 0 Å². The number of dihydropyridines is 1. The summed E-state index contributed by atoms with van der Waals surface area (Å²) < 4.78 is 11.0. The van der Waals surface area contributed by atoms with E-state index in [1.54, 1.807) is 18.4 Å². The number of para-hydroxylation sites is 1. The first kappa shape index (κ1) is 21.4. The Morgan fingerprint density at radius 2 is 2.00 bits per heavy atom.